The third kappa shape index (κ3) is 6.00. The molecule has 0 unspecified atom stereocenters. The smallest absolute Gasteiger partial charge is 0.166 e. The largest absolute Gasteiger partial charge is 0.206 e. The SMILES string of the molecule is C/C=C/CCc1ccc(CCc2cc(F)c(C#Cc3ccc4c(F)c(F)ccc4c3)c(F)c2)cc1. The van der Waals surface area contributed by atoms with Gasteiger partial charge in [-0.25, -0.2) is 17.6 Å². The van der Waals surface area contributed by atoms with Crippen LogP contribution >= 0.6 is 0 Å². The molecular formula is C31H24F4. The number of benzene rings is 4. The molecule has 0 aliphatic rings. The summed E-state index contributed by atoms with van der Waals surface area (Å²) < 4.78 is 56.5. The summed E-state index contributed by atoms with van der Waals surface area (Å²) in [4.78, 5) is 0. The van der Waals surface area contributed by atoms with E-state index < -0.39 is 23.3 Å². The van der Waals surface area contributed by atoms with Crippen LogP contribution in [-0.2, 0) is 19.3 Å². The molecule has 0 nitrogen and oxygen atoms in total. The summed E-state index contributed by atoms with van der Waals surface area (Å²) in [7, 11) is 0. The molecule has 0 atom stereocenters. The Kier molecular flexibility index (Phi) is 7.67. The van der Waals surface area contributed by atoms with Crippen LogP contribution < -0.4 is 0 Å². The van der Waals surface area contributed by atoms with E-state index in [1.807, 2.05) is 13.0 Å². The number of hydrogen-bond donors (Lipinski definition) is 0. The van der Waals surface area contributed by atoms with Crippen molar-refractivity contribution in [2.24, 2.45) is 0 Å². The van der Waals surface area contributed by atoms with Gasteiger partial charge in [-0.05, 0) is 85.0 Å². The van der Waals surface area contributed by atoms with Crippen LogP contribution in [0, 0.1) is 35.1 Å². The fourth-order valence-corrected chi connectivity index (χ4v) is 3.95. The van der Waals surface area contributed by atoms with Crippen molar-refractivity contribution >= 4 is 10.8 Å². The molecule has 0 spiro atoms. The van der Waals surface area contributed by atoms with Crippen LogP contribution in [0.15, 0.2) is 78.9 Å². The Morgan fingerprint density at radius 2 is 1.31 bits per heavy atom. The number of fused-ring (bicyclic) bond motifs is 1. The van der Waals surface area contributed by atoms with Crippen molar-refractivity contribution in [3.63, 3.8) is 0 Å². The summed E-state index contributed by atoms with van der Waals surface area (Å²) in [5.41, 5.74) is 3.06. The van der Waals surface area contributed by atoms with E-state index in [1.54, 1.807) is 6.07 Å². The maximum absolute atomic E-state index is 14.7. The lowest BCUT2D eigenvalue weighted by Gasteiger charge is -2.06. The van der Waals surface area contributed by atoms with Gasteiger partial charge >= 0.3 is 0 Å². The zero-order valence-corrected chi connectivity index (χ0v) is 19.3. The van der Waals surface area contributed by atoms with Crippen molar-refractivity contribution in [2.45, 2.75) is 32.6 Å². The average molecular weight is 473 g/mol. The minimum atomic E-state index is -0.935. The van der Waals surface area contributed by atoms with Gasteiger partial charge in [0.15, 0.2) is 11.6 Å². The van der Waals surface area contributed by atoms with Crippen LogP contribution in [0.3, 0.4) is 0 Å². The lowest BCUT2D eigenvalue weighted by molar-refractivity contribution is 0.517. The van der Waals surface area contributed by atoms with E-state index in [2.05, 4.69) is 42.2 Å². The van der Waals surface area contributed by atoms with E-state index in [-0.39, 0.29) is 10.9 Å². The van der Waals surface area contributed by atoms with Gasteiger partial charge in [0.25, 0.3) is 0 Å². The van der Waals surface area contributed by atoms with Crippen LogP contribution in [-0.4, -0.2) is 0 Å². The zero-order chi connectivity index (χ0) is 24.8. The maximum Gasteiger partial charge on any atom is 0.166 e. The van der Waals surface area contributed by atoms with Gasteiger partial charge in [0.05, 0.1) is 5.56 Å². The fourth-order valence-electron chi connectivity index (χ4n) is 3.95. The standard InChI is InChI=1S/C31H24F4/c1-2-3-4-5-21-6-8-22(9-7-21)10-11-24-19-29(33)27(30(34)20-24)16-13-23-12-15-26-25(18-23)14-17-28(32)31(26)35/h2-3,6-9,12,14-15,17-20H,4-5,10-11H2,1H3/b3-2+. The molecule has 0 amide bonds. The Bertz CT molecular complexity index is 1410. The van der Waals surface area contributed by atoms with Crippen molar-refractivity contribution in [1.82, 2.24) is 0 Å². The lowest BCUT2D eigenvalue weighted by atomic mass is 10.0. The Morgan fingerprint density at radius 3 is 2.00 bits per heavy atom. The van der Waals surface area contributed by atoms with Gasteiger partial charge < -0.3 is 0 Å². The zero-order valence-electron chi connectivity index (χ0n) is 19.3. The summed E-state index contributed by atoms with van der Waals surface area (Å²) >= 11 is 0. The van der Waals surface area contributed by atoms with E-state index in [0.29, 0.717) is 29.4 Å². The normalized spacial score (nSPS) is 11.1. The number of rotatable bonds is 6. The first kappa shape index (κ1) is 24.3. The second kappa shape index (κ2) is 11.1. The van der Waals surface area contributed by atoms with Crippen LogP contribution in [0.2, 0.25) is 0 Å². The van der Waals surface area contributed by atoms with Gasteiger partial charge in [0.1, 0.15) is 11.6 Å². The number of allylic oxidation sites excluding steroid dienone is 2. The summed E-state index contributed by atoms with van der Waals surface area (Å²) in [6.45, 7) is 2.01. The minimum absolute atomic E-state index is 0.126. The molecular weight excluding hydrogens is 448 g/mol. The predicted octanol–water partition coefficient (Wildman–Crippen LogP) is 8.09. The molecule has 0 bridgehead atoms. The fraction of sp³-hybridized carbons (Fsp3) is 0.161. The highest BCUT2D eigenvalue weighted by molar-refractivity contribution is 5.84. The van der Waals surface area contributed by atoms with Crippen LogP contribution in [0.1, 0.15) is 41.2 Å². The summed E-state index contributed by atoms with van der Waals surface area (Å²) in [5.74, 6) is 1.95. The summed E-state index contributed by atoms with van der Waals surface area (Å²) in [6.07, 6.45) is 7.34. The molecule has 4 aromatic carbocycles. The average Bonchev–Trinajstić information content (AvgIpc) is 2.85. The second-order valence-electron chi connectivity index (χ2n) is 8.41. The summed E-state index contributed by atoms with van der Waals surface area (Å²) in [6, 6.07) is 17.9. The van der Waals surface area contributed by atoms with Crippen molar-refractivity contribution in [3.05, 3.63) is 130 Å². The van der Waals surface area contributed by atoms with E-state index >= 15 is 0 Å². The first-order valence-electron chi connectivity index (χ1n) is 11.5. The molecule has 0 aliphatic heterocycles. The number of aryl methyl sites for hydroxylation is 3. The third-order valence-corrected chi connectivity index (χ3v) is 5.90. The lowest BCUT2D eigenvalue weighted by Crippen LogP contribution is -1.98. The molecule has 4 heteroatoms. The Morgan fingerprint density at radius 1 is 0.657 bits per heavy atom. The van der Waals surface area contributed by atoms with Gasteiger partial charge in [0.2, 0.25) is 0 Å². The van der Waals surface area contributed by atoms with Crippen LogP contribution in [0.4, 0.5) is 17.6 Å². The highest BCUT2D eigenvalue weighted by Crippen LogP contribution is 2.22. The minimum Gasteiger partial charge on any atom is -0.206 e. The Balaban J connectivity index is 1.45. The Hall–Kier alpha value is -3.84. The van der Waals surface area contributed by atoms with E-state index in [9.17, 15) is 17.6 Å². The number of hydrogen-bond acceptors (Lipinski definition) is 0. The van der Waals surface area contributed by atoms with Crippen LogP contribution in [0.25, 0.3) is 10.8 Å². The third-order valence-electron chi connectivity index (χ3n) is 5.90. The first-order valence-corrected chi connectivity index (χ1v) is 11.5. The van der Waals surface area contributed by atoms with Crippen LogP contribution in [0.5, 0.6) is 0 Å². The van der Waals surface area contributed by atoms with E-state index in [0.717, 1.165) is 24.5 Å². The molecule has 35 heavy (non-hydrogen) atoms. The second-order valence-corrected chi connectivity index (χ2v) is 8.41. The molecule has 0 aliphatic carbocycles. The molecule has 176 valence electrons. The summed E-state index contributed by atoms with van der Waals surface area (Å²) in [5, 5.41) is 0.582. The molecule has 0 radical (unpaired) electrons. The molecule has 4 aromatic rings. The van der Waals surface area contributed by atoms with Gasteiger partial charge in [0, 0.05) is 10.9 Å². The highest BCUT2D eigenvalue weighted by atomic mass is 19.2. The molecule has 0 saturated carbocycles. The predicted molar refractivity (Wildman–Crippen MR) is 133 cm³/mol. The quantitative estimate of drug-likeness (QED) is 0.151. The van der Waals surface area contributed by atoms with Crippen molar-refractivity contribution in [2.75, 3.05) is 0 Å². The van der Waals surface area contributed by atoms with Gasteiger partial charge in [-0.15, -0.1) is 0 Å². The van der Waals surface area contributed by atoms with Crippen molar-refractivity contribution in [3.8, 4) is 11.8 Å². The van der Waals surface area contributed by atoms with E-state index in [4.69, 9.17) is 0 Å². The van der Waals surface area contributed by atoms with Crippen molar-refractivity contribution in [1.29, 1.82) is 0 Å². The van der Waals surface area contributed by atoms with Gasteiger partial charge in [-0.1, -0.05) is 60.4 Å². The maximum atomic E-state index is 14.7. The number of halogens is 4. The van der Waals surface area contributed by atoms with E-state index in [1.165, 1.54) is 35.9 Å². The molecule has 4 rings (SSSR count). The molecule has 0 fully saturated rings. The topological polar surface area (TPSA) is 0 Å². The molecule has 0 saturated heterocycles. The van der Waals surface area contributed by atoms with Crippen molar-refractivity contribution < 1.29 is 17.6 Å². The monoisotopic (exact) mass is 472 g/mol. The highest BCUT2D eigenvalue weighted by Gasteiger charge is 2.10. The molecule has 0 heterocycles. The molecule has 0 N–H and O–H groups in total. The Labute approximate surface area is 202 Å². The van der Waals surface area contributed by atoms with Gasteiger partial charge in [-0.3, -0.25) is 0 Å². The van der Waals surface area contributed by atoms with Gasteiger partial charge in [-0.2, -0.15) is 0 Å². The molecule has 0 aromatic heterocycles. The first-order chi connectivity index (χ1) is 16.9.